The van der Waals surface area contributed by atoms with E-state index in [-0.39, 0.29) is 23.7 Å². The highest BCUT2D eigenvalue weighted by Crippen LogP contribution is 2.29. The standard InChI is InChI=1S/C13H12F3N3O3/c1-2-9(20)17-11(21)8-5-3-7(4-6-8)10-18-12(22-19-10)13(14,15)16/h3-6,11,21H,2H2,1H3,(H,17,20). The van der Waals surface area contributed by atoms with Crippen LogP contribution in [0.25, 0.3) is 11.4 Å². The molecular weight excluding hydrogens is 303 g/mol. The zero-order chi connectivity index (χ0) is 16.3. The van der Waals surface area contributed by atoms with Gasteiger partial charge in [0.1, 0.15) is 0 Å². The van der Waals surface area contributed by atoms with Crippen LogP contribution in [0.1, 0.15) is 31.0 Å². The molecule has 0 aliphatic heterocycles. The maximum atomic E-state index is 12.4. The zero-order valence-electron chi connectivity index (χ0n) is 11.4. The molecule has 1 atom stereocenters. The SMILES string of the molecule is CCC(=O)NC(O)c1ccc(-c2noc(C(F)(F)F)n2)cc1. The van der Waals surface area contributed by atoms with E-state index in [4.69, 9.17) is 0 Å². The van der Waals surface area contributed by atoms with E-state index >= 15 is 0 Å². The van der Waals surface area contributed by atoms with Crippen LogP contribution < -0.4 is 5.32 Å². The van der Waals surface area contributed by atoms with Gasteiger partial charge in [0.2, 0.25) is 11.7 Å². The van der Waals surface area contributed by atoms with Crippen molar-refractivity contribution < 1.29 is 27.6 Å². The van der Waals surface area contributed by atoms with Crippen LogP contribution in [-0.4, -0.2) is 21.2 Å². The zero-order valence-corrected chi connectivity index (χ0v) is 11.4. The van der Waals surface area contributed by atoms with E-state index in [2.05, 4.69) is 20.0 Å². The summed E-state index contributed by atoms with van der Waals surface area (Å²) in [6, 6.07) is 5.72. The molecule has 0 radical (unpaired) electrons. The third kappa shape index (κ3) is 3.61. The fourth-order valence-electron chi connectivity index (χ4n) is 1.61. The van der Waals surface area contributed by atoms with E-state index in [0.29, 0.717) is 5.56 Å². The summed E-state index contributed by atoms with van der Waals surface area (Å²) in [7, 11) is 0. The first-order valence-electron chi connectivity index (χ1n) is 6.30. The van der Waals surface area contributed by atoms with Crippen molar-refractivity contribution in [2.75, 3.05) is 0 Å². The Hall–Kier alpha value is -2.42. The highest BCUT2D eigenvalue weighted by atomic mass is 19.4. The van der Waals surface area contributed by atoms with Gasteiger partial charge in [-0.1, -0.05) is 36.3 Å². The summed E-state index contributed by atoms with van der Waals surface area (Å²) in [5.41, 5.74) is 0.669. The van der Waals surface area contributed by atoms with E-state index in [1.54, 1.807) is 6.92 Å². The Labute approximate surface area is 123 Å². The lowest BCUT2D eigenvalue weighted by atomic mass is 10.1. The molecule has 118 valence electrons. The third-order valence-electron chi connectivity index (χ3n) is 2.77. The summed E-state index contributed by atoms with van der Waals surface area (Å²) in [6.45, 7) is 1.64. The van der Waals surface area contributed by atoms with Gasteiger partial charge in [-0.15, -0.1) is 0 Å². The molecule has 6 nitrogen and oxygen atoms in total. The second-order valence-electron chi connectivity index (χ2n) is 4.37. The van der Waals surface area contributed by atoms with E-state index in [1.807, 2.05) is 0 Å². The van der Waals surface area contributed by atoms with Crippen LogP contribution in [-0.2, 0) is 11.0 Å². The Kier molecular flexibility index (Phi) is 4.45. The molecule has 9 heteroatoms. The Balaban J connectivity index is 2.15. The van der Waals surface area contributed by atoms with Crippen molar-refractivity contribution in [3.63, 3.8) is 0 Å². The lowest BCUT2D eigenvalue weighted by Gasteiger charge is -2.12. The number of hydrogen-bond acceptors (Lipinski definition) is 5. The lowest BCUT2D eigenvalue weighted by molar-refractivity contribution is -0.159. The molecule has 0 aliphatic carbocycles. The normalized spacial score (nSPS) is 13.0. The van der Waals surface area contributed by atoms with Gasteiger partial charge in [0.25, 0.3) is 0 Å². The number of aliphatic hydroxyl groups excluding tert-OH is 1. The summed E-state index contributed by atoms with van der Waals surface area (Å²) in [5, 5.41) is 15.4. The van der Waals surface area contributed by atoms with Crippen molar-refractivity contribution in [3.8, 4) is 11.4 Å². The number of alkyl halides is 3. The minimum atomic E-state index is -4.70. The summed E-state index contributed by atoms with van der Waals surface area (Å²) < 4.78 is 41.3. The van der Waals surface area contributed by atoms with Crippen molar-refractivity contribution >= 4 is 5.91 Å². The van der Waals surface area contributed by atoms with Gasteiger partial charge in [-0.2, -0.15) is 18.2 Å². The third-order valence-corrected chi connectivity index (χ3v) is 2.77. The molecule has 0 aliphatic rings. The average molecular weight is 315 g/mol. The molecule has 1 aromatic carbocycles. The molecule has 0 saturated heterocycles. The molecule has 1 heterocycles. The molecule has 2 rings (SSSR count). The van der Waals surface area contributed by atoms with Gasteiger partial charge in [-0.05, 0) is 0 Å². The Bertz CT molecular complexity index is 653. The molecular formula is C13H12F3N3O3. The van der Waals surface area contributed by atoms with Gasteiger partial charge in [0, 0.05) is 17.5 Å². The molecule has 0 spiro atoms. The van der Waals surface area contributed by atoms with Gasteiger partial charge >= 0.3 is 12.1 Å². The number of nitrogens with one attached hydrogen (secondary N) is 1. The molecule has 0 saturated carbocycles. The molecule has 1 aromatic heterocycles. The topological polar surface area (TPSA) is 88.2 Å². The van der Waals surface area contributed by atoms with Crippen molar-refractivity contribution in [1.82, 2.24) is 15.5 Å². The van der Waals surface area contributed by atoms with Crippen molar-refractivity contribution in [1.29, 1.82) is 0 Å². The number of rotatable bonds is 4. The first-order valence-corrected chi connectivity index (χ1v) is 6.30. The van der Waals surface area contributed by atoms with Gasteiger partial charge in [0.15, 0.2) is 6.23 Å². The monoisotopic (exact) mass is 315 g/mol. The number of benzene rings is 1. The summed E-state index contributed by atoms with van der Waals surface area (Å²) in [6.07, 6.45) is -5.68. The molecule has 1 amide bonds. The number of amides is 1. The summed E-state index contributed by atoms with van der Waals surface area (Å²) in [5.74, 6) is -1.97. The number of hydrogen-bond donors (Lipinski definition) is 2. The lowest BCUT2D eigenvalue weighted by Crippen LogP contribution is -2.27. The number of halogens is 3. The number of nitrogens with zero attached hydrogens (tertiary/aromatic N) is 2. The first kappa shape index (κ1) is 16.0. The molecule has 0 bridgehead atoms. The van der Waals surface area contributed by atoms with Crippen LogP contribution in [0, 0.1) is 0 Å². The van der Waals surface area contributed by atoms with Crippen LogP contribution >= 0.6 is 0 Å². The fourth-order valence-corrected chi connectivity index (χ4v) is 1.61. The molecule has 22 heavy (non-hydrogen) atoms. The van der Waals surface area contributed by atoms with E-state index in [0.717, 1.165) is 0 Å². The van der Waals surface area contributed by atoms with Crippen LogP contribution in [0.15, 0.2) is 28.8 Å². The predicted molar refractivity (Wildman–Crippen MR) is 68.1 cm³/mol. The van der Waals surface area contributed by atoms with E-state index in [1.165, 1.54) is 24.3 Å². The second kappa shape index (κ2) is 6.14. The van der Waals surface area contributed by atoms with Crippen molar-refractivity contribution in [3.05, 3.63) is 35.7 Å². The highest BCUT2D eigenvalue weighted by molar-refractivity contribution is 5.75. The minimum absolute atomic E-state index is 0.217. The van der Waals surface area contributed by atoms with Crippen LogP contribution in [0.3, 0.4) is 0 Å². The van der Waals surface area contributed by atoms with Crippen LogP contribution in [0.2, 0.25) is 0 Å². The number of aliphatic hydroxyl groups is 1. The van der Waals surface area contributed by atoms with Crippen LogP contribution in [0.5, 0.6) is 0 Å². The summed E-state index contributed by atoms with van der Waals surface area (Å²) >= 11 is 0. The molecule has 1 unspecified atom stereocenters. The van der Waals surface area contributed by atoms with Crippen molar-refractivity contribution in [2.24, 2.45) is 0 Å². The maximum absolute atomic E-state index is 12.4. The first-order chi connectivity index (χ1) is 10.3. The minimum Gasteiger partial charge on any atom is -0.369 e. The highest BCUT2D eigenvalue weighted by Gasteiger charge is 2.38. The second-order valence-corrected chi connectivity index (χ2v) is 4.37. The van der Waals surface area contributed by atoms with Gasteiger partial charge in [-0.25, -0.2) is 0 Å². The Morgan fingerprint density at radius 1 is 1.36 bits per heavy atom. The Morgan fingerprint density at radius 3 is 2.50 bits per heavy atom. The summed E-state index contributed by atoms with van der Waals surface area (Å²) in [4.78, 5) is 14.4. The van der Waals surface area contributed by atoms with Crippen molar-refractivity contribution in [2.45, 2.75) is 25.7 Å². The molecule has 2 N–H and O–H groups in total. The van der Waals surface area contributed by atoms with E-state index < -0.39 is 18.3 Å². The number of carbonyl (C=O) groups excluding carboxylic acids is 1. The molecule has 2 aromatic rings. The number of aromatic nitrogens is 2. The Morgan fingerprint density at radius 2 is 2.00 bits per heavy atom. The van der Waals surface area contributed by atoms with Gasteiger partial charge < -0.3 is 14.9 Å². The smallest absolute Gasteiger partial charge is 0.369 e. The maximum Gasteiger partial charge on any atom is 0.471 e. The molecule has 0 fully saturated rings. The van der Waals surface area contributed by atoms with Gasteiger partial charge in [0.05, 0.1) is 0 Å². The van der Waals surface area contributed by atoms with Crippen LogP contribution in [0.4, 0.5) is 13.2 Å². The largest absolute Gasteiger partial charge is 0.471 e. The predicted octanol–water partition coefficient (Wildman–Crippen LogP) is 2.27. The quantitative estimate of drug-likeness (QED) is 0.845. The van der Waals surface area contributed by atoms with Gasteiger partial charge in [-0.3, -0.25) is 4.79 Å². The van der Waals surface area contributed by atoms with E-state index in [9.17, 15) is 23.1 Å². The fraction of sp³-hybridized carbons (Fsp3) is 0.308. The number of carbonyl (C=O) groups is 1. The average Bonchev–Trinajstić information content (AvgIpc) is 2.97.